The van der Waals surface area contributed by atoms with Gasteiger partial charge in [0, 0.05) is 51.0 Å². The molecule has 2 aromatic heterocycles. The van der Waals surface area contributed by atoms with Crippen LogP contribution in [0.15, 0.2) is 6.07 Å². The number of aryl methyl sites for hydroxylation is 2. The van der Waals surface area contributed by atoms with Gasteiger partial charge in [-0.1, -0.05) is 0 Å². The average molecular weight is 399 g/mol. The first-order valence-corrected chi connectivity index (χ1v) is 10.5. The van der Waals surface area contributed by atoms with Crippen LogP contribution in [0, 0.1) is 13.8 Å². The topological polar surface area (TPSA) is 74.7 Å². The van der Waals surface area contributed by atoms with Crippen LogP contribution in [0.5, 0.6) is 0 Å². The van der Waals surface area contributed by atoms with Crippen LogP contribution in [0.3, 0.4) is 0 Å². The van der Waals surface area contributed by atoms with Crippen molar-refractivity contribution in [2.24, 2.45) is 0 Å². The number of anilines is 1. The van der Waals surface area contributed by atoms with Crippen molar-refractivity contribution in [3.05, 3.63) is 23.1 Å². The van der Waals surface area contributed by atoms with Crippen LogP contribution in [0.25, 0.3) is 11.0 Å². The van der Waals surface area contributed by atoms with Crippen LogP contribution in [0.1, 0.15) is 35.7 Å². The number of carbonyl (C=O) groups is 1. The summed E-state index contributed by atoms with van der Waals surface area (Å²) in [7, 11) is 0. The molecule has 1 amide bonds. The Morgan fingerprint density at radius 2 is 1.69 bits per heavy atom. The van der Waals surface area contributed by atoms with E-state index >= 15 is 0 Å². The first-order chi connectivity index (χ1) is 13.9. The molecule has 0 N–H and O–H groups in total. The molecule has 156 valence electrons. The third kappa shape index (κ3) is 4.04. The van der Waals surface area contributed by atoms with Crippen molar-refractivity contribution in [3.63, 3.8) is 0 Å². The van der Waals surface area contributed by atoms with Crippen molar-refractivity contribution in [2.75, 3.05) is 57.4 Å². The Kier molecular flexibility index (Phi) is 5.65. The Labute approximate surface area is 171 Å². The van der Waals surface area contributed by atoms with Gasteiger partial charge in [0.15, 0.2) is 5.65 Å². The van der Waals surface area contributed by atoms with E-state index in [4.69, 9.17) is 9.72 Å². The van der Waals surface area contributed by atoms with E-state index in [0.29, 0.717) is 38.0 Å². The lowest BCUT2D eigenvalue weighted by molar-refractivity contribution is 0.0584. The molecule has 0 saturated carbocycles. The summed E-state index contributed by atoms with van der Waals surface area (Å²) >= 11 is 0. The van der Waals surface area contributed by atoms with Crippen molar-refractivity contribution < 1.29 is 9.53 Å². The summed E-state index contributed by atoms with van der Waals surface area (Å²) in [6, 6.07) is 2.54. The van der Waals surface area contributed by atoms with Crippen molar-refractivity contribution in [1.82, 2.24) is 24.8 Å². The first-order valence-electron chi connectivity index (χ1n) is 10.5. The zero-order valence-corrected chi connectivity index (χ0v) is 17.8. The number of fused-ring (bicyclic) bond motifs is 1. The molecule has 2 aromatic rings. The molecule has 2 aliphatic heterocycles. The molecular weight excluding hydrogens is 368 g/mol. The lowest BCUT2D eigenvalue weighted by atomic mass is 10.1. The molecule has 4 rings (SSSR count). The third-order valence-corrected chi connectivity index (χ3v) is 5.81. The van der Waals surface area contributed by atoms with Gasteiger partial charge in [-0.05, 0) is 39.3 Å². The fourth-order valence-electron chi connectivity index (χ4n) is 4.14. The molecular formula is C21H30N6O2. The van der Waals surface area contributed by atoms with Gasteiger partial charge in [-0.3, -0.25) is 9.69 Å². The molecule has 0 spiro atoms. The number of hydrogen-bond donors (Lipinski definition) is 0. The maximum Gasteiger partial charge on any atom is 0.291 e. The first kappa shape index (κ1) is 20.0. The molecule has 0 radical (unpaired) electrons. The number of amides is 1. The molecule has 0 bridgehead atoms. The van der Waals surface area contributed by atoms with Crippen LogP contribution >= 0.6 is 0 Å². The van der Waals surface area contributed by atoms with Gasteiger partial charge in [-0.25, -0.2) is 15.0 Å². The van der Waals surface area contributed by atoms with E-state index in [9.17, 15) is 4.79 Å². The molecule has 0 aromatic carbocycles. The van der Waals surface area contributed by atoms with Gasteiger partial charge in [0.25, 0.3) is 5.91 Å². The number of morpholine rings is 1. The van der Waals surface area contributed by atoms with Gasteiger partial charge >= 0.3 is 0 Å². The number of nitrogens with zero attached hydrogens (tertiary/aromatic N) is 6. The van der Waals surface area contributed by atoms with Gasteiger partial charge in [0.1, 0.15) is 5.82 Å². The predicted molar refractivity (Wildman–Crippen MR) is 112 cm³/mol. The Morgan fingerprint density at radius 3 is 2.34 bits per heavy atom. The zero-order chi connectivity index (χ0) is 20.5. The summed E-state index contributed by atoms with van der Waals surface area (Å²) in [5, 5.41) is 0.929. The van der Waals surface area contributed by atoms with Crippen molar-refractivity contribution >= 4 is 22.8 Å². The smallest absolute Gasteiger partial charge is 0.291 e. The van der Waals surface area contributed by atoms with Crippen LogP contribution < -0.4 is 4.90 Å². The van der Waals surface area contributed by atoms with E-state index in [0.717, 1.165) is 48.6 Å². The van der Waals surface area contributed by atoms with Crippen LogP contribution in [0.4, 0.5) is 5.82 Å². The predicted octanol–water partition coefficient (Wildman–Crippen LogP) is 1.64. The summed E-state index contributed by atoms with van der Waals surface area (Å²) in [4.78, 5) is 33.7. The van der Waals surface area contributed by atoms with Gasteiger partial charge < -0.3 is 14.5 Å². The SMILES string of the molecule is Cc1cc(C)c2c(N3CCOCC3)nc(C(=O)N3CCN(C(C)C)CC3)nc2n1. The molecule has 8 heteroatoms. The molecule has 0 unspecified atom stereocenters. The van der Waals surface area contributed by atoms with Crippen LogP contribution in [0.2, 0.25) is 0 Å². The fourth-order valence-corrected chi connectivity index (χ4v) is 4.14. The summed E-state index contributed by atoms with van der Waals surface area (Å²) < 4.78 is 5.50. The largest absolute Gasteiger partial charge is 0.378 e. The van der Waals surface area contributed by atoms with Crippen LogP contribution in [-0.2, 0) is 4.74 Å². The minimum atomic E-state index is -0.106. The van der Waals surface area contributed by atoms with Crippen molar-refractivity contribution in [1.29, 1.82) is 0 Å². The molecule has 0 aliphatic carbocycles. The second kappa shape index (κ2) is 8.20. The molecule has 29 heavy (non-hydrogen) atoms. The van der Waals surface area contributed by atoms with E-state index in [1.165, 1.54) is 0 Å². The molecule has 4 heterocycles. The number of hydrogen-bond acceptors (Lipinski definition) is 7. The van der Waals surface area contributed by atoms with E-state index in [1.54, 1.807) is 0 Å². The zero-order valence-electron chi connectivity index (χ0n) is 17.8. The Morgan fingerprint density at radius 1 is 1.00 bits per heavy atom. The summed E-state index contributed by atoms with van der Waals surface area (Å²) in [6.07, 6.45) is 0. The highest BCUT2D eigenvalue weighted by molar-refractivity contribution is 5.97. The number of piperazine rings is 1. The molecule has 2 aliphatic rings. The fraction of sp³-hybridized carbons (Fsp3) is 0.619. The number of carbonyl (C=O) groups excluding carboxylic acids is 1. The van der Waals surface area contributed by atoms with E-state index in [1.807, 2.05) is 17.9 Å². The number of ether oxygens (including phenoxy) is 1. The summed E-state index contributed by atoms with van der Waals surface area (Å²) in [5.74, 6) is 0.938. The normalized spacial score (nSPS) is 18.7. The quantitative estimate of drug-likeness (QED) is 0.778. The van der Waals surface area contributed by atoms with Gasteiger partial charge in [0.05, 0.1) is 18.6 Å². The molecule has 2 saturated heterocycles. The minimum absolute atomic E-state index is 0.106. The molecule has 2 fully saturated rings. The molecule has 0 atom stereocenters. The summed E-state index contributed by atoms with van der Waals surface area (Å²) in [5.41, 5.74) is 2.58. The second-order valence-electron chi connectivity index (χ2n) is 8.17. The Bertz CT molecular complexity index is 902. The number of aromatic nitrogens is 3. The lowest BCUT2D eigenvalue weighted by Crippen LogP contribution is -2.51. The standard InChI is InChI=1S/C21H30N6O2/c1-14(2)25-5-7-27(8-6-25)21(28)19-23-18-17(15(3)13-16(4)22-18)20(24-19)26-9-11-29-12-10-26/h13-14H,5-12H2,1-4H3. The highest BCUT2D eigenvalue weighted by atomic mass is 16.5. The minimum Gasteiger partial charge on any atom is -0.378 e. The van der Waals surface area contributed by atoms with Gasteiger partial charge in [-0.15, -0.1) is 0 Å². The highest BCUT2D eigenvalue weighted by Crippen LogP contribution is 2.28. The van der Waals surface area contributed by atoms with Crippen molar-refractivity contribution in [3.8, 4) is 0 Å². The third-order valence-electron chi connectivity index (χ3n) is 5.81. The highest BCUT2D eigenvalue weighted by Gasteiger charge is 2.27. The van der Waals surface area contributed by atoms with E-state index in [-0.39, 0.29) is 11.7 Å². The Hall–Kier alpha value is -2.32. The monoisotopic (exact) mass is 398 g/mol. The van der Waals surface area contributed by atoms with E-state index in [2.05, 4.69) is 40.5 Å². The number of pyridine rings is 1. The Balaban J connectivity index is 1.70. The van der Waals surface area contributed by atoms with Crippen LogP contribution in [-0.4, -0.2) is 89.2 Å². The number of rotatable bonds is 3. The van der Waals surface area contributed by atoms with Gasteiger partial charge in [-0.2, -0.15) is 0 Å². The maximum absolute atomic E-state index is 13.2. The average Bonchev–Trinajstić information content (AvgIpc) is 2.72. The lowest BCUT2D eigenvalue weighted by Gasteiger charge is -2.36. The maximum atomic E-state index is 13.2. The second-order valence-corrected chi connectivity index (χ2v) is 8.17. The van der Waals surface area contributed by atoms with E-state index < -0.39 is 0 Å². The molecule has 8 nitrogen and oxygen atoms in total. The summed E-state index contributed by atoms with van der Waals surface area (Å²) in [6.45, 7) is 14.4. The van der Waals surface area contributed by atoms with Gasteiger partial charge in [0.2, 0.25) is 5.82 Å². The van der Waals surface area contributed by atoms with Crippen molar-refractivity contribution in [2.45, 2.75) is 33.7 Å².